The fourth-order valence-corrected chi connectivity index (χ4v) is 3.87. The van der Waals surface area contributed by atoms with Crippen LogP contribution in [-0.4, -0.2) is 39.8 Å². The Kier molecular flexibility index (Phi) is 6.02. The highest BCUT2D eigenvalue weighted by atomic mass is 16.5. The van der Waals surface area contributed by atoms with Crippen LogP contribution in [0.3, 0.4) is 0 Å². The average molecular weight is 418 g/mol. The number of nitrogens with one attached hydrogen (secondary N) is 1. The van der Waals surface area contributed by atoms with Crippen molar-refractivity contribution in [1.29, 1.82) is 0 Å². The van der Waals surface area contributed by atoms with Crippen molar-refractivity contribution < 1.29 is 14.3 Å². The van der Waals surface area contributed by atoms with Gasteiger partial charge in [-0.1, -0.05) is 24.3 Å². The normalized spacial score (nSPS) is 11.1. The number of Topliss-reactive ketones (excluding diaryl/α,β-unsaturated/α-hetero) is 1. The number of fused-ring (bicyclic) bond motifs is 1. The number of hydrogen-bond donors (Lipinski definition) is 1. The molecule has 31 heavy (non-hydrogen) atoms. The van der Waals surface area contributed by atoms with E-state index in [0.29, 0.717) is 30.8 Å². The van der Waals surface area contributed by atoms with Crippen molar-refractivity contribution in [3.8, 4) is 22.9 Å². The summed E-state index contributed by atoms with van der Waals surface area (Å²) in [5, 5.41) is 9.94. The monoisotopic (exact) mass is 418 g/mol. The topological polar surface area (TPSA) is 82.0 Å². The van der Waals surface area contributed by atoms with Crippen molar-refractivity contribution >= 4 is 16.7 Å². The van der Waals surface area contributed by atoms with Gasteiger partial charge in [-0.25, -0.2) is 0 Å². The van der Waals surface area contributed by atoms with Gasteiger partial charge in [0, 0.05) is 48.5 Å². The highest BCUT2D eigenvalue weighted by Crippen LogP contribution is 2.29. The molecule has 160 valence electrons. The first-order chi connectivity index (χ1) is 15.1. The summed E-state index contributed by atoms with van der Waals surface area (Å²) in [6.07, 6.45) is 3.26. The fraction of sp³-hybridized carbons (Fsp3) is 0.292. The van der Waals surface area contributed by atoms with E-state index in [-0.39, 0.29) is 5.78 Å². The van der Waals surface area contributed by atoms with Gasteiger partial charge in [-0.05, 0) is 30.7 Å². The molecule has 0 aliphatic rings. The summed E-state index contributed by atoms with van der Waals surface area (Å²) in [4.78, 5) is 15.9. The number of aryl methyl sites for hydroxylation is 1. The molecule has 7 nitrogen and oxygen atoms in total. The summed E-state index contributed by atoms with van der Waals surface area (Å²) in [5.74, 6) is 3.07. The van der Waals surface area contributed by atoms with Gasteiger partial charge >= 0.3 is 0 Å². The van der Waals surface area contributed by atoms with E-state index in [1.54, 1.807) is 14.2 Å². The molecule has 4 aromatic rings. The van der Waals surface area contributed by atoms with Crippen LogP contribution in [0.2, 0.25) is 0 Å². The van der Waals surface area contributed by atoms with Gasteiger partial charge in [0.2, 0.25) is 0 Å². The van der Waals surface area contributed by atoms with Gasteiger partial charge in [0.25, 0.3) is 0 Å². The molecule has 2 aromatic carbocycles. The number of ether oxygens (including phenoxy) is 2. The molecule has 0 unspecified atom stereocenters. The second-order valence-electron chi connectivity index (χ2n) is 7.34. The van der Waals surface area contributed by atoms with Crippen molar-refractivity contribution in [1.82, 2.24) is 19.7 Å². The van der Waals surface area contributed by atoms with Crippen molar-refractivity contribution in [3.63, 3.8) is 0 Å². The second-order valence-corrected chi connectivity index (χ2v) is 7.34. The minimum absolute atomic E-state index is 0.145. The van der Waals surface area contributed by atoms with Crippen LogP contribution < -0.4 is 9.47 Å². The highest BCUT2D eigenvalue weighted by molar-refractivity contribution is 5.93. The number of rotatable bonds is 9. The van der Waals surface area contributed by atoms with E-state index < -0.39 is 0 Å². The maximum atomic E-state index is 12.6. The van der Waals surface area contributed by atoms with E-state index in [1.807, 2.05) is 42.6 Å². The van der Waals surface area contributed by atoms with E-state index in [0.717, 1.165) is 40.2 Å². The summed E-state index contributed by atoms with van der Waals surface area (Å²) in [5.41, 5.74) is 2.99. The SMILES string of the molecule is CCn1c(CCC(=O)Cc2ccc(OC)c(OC)c2)nnc1-c1c[nH]c2ccccc12. The van der Waals surface area contributed by atoms with Crippen LogP contribution in [0.15, 0.2) is 48.7 Å². The second kappa shape index (κ2) is 9.04. The van der Waals surface area contributed by atoms with E-state index >= 15 is 0 Å². The van der Waals surface area contributed by atoms with Crippen molar-refractivity contribution in [2.24, 2.45) is 0 Å². The quantitative estimate of drug-likeness (QED) is 0.440. The molecule has 1 N–H and O–H groups in total. The number of hydrogen-bond acceptors (Lipinski definition) is 5. The number of aromatic nitrogens is 4. The summed E-state index contributed by atoms with van der Waals surface area (Å²) < 4.78 is 12.7. The molecule has 2 heterocycles. The van der Waals surface area contributed by atoms with Gasteiger partial charge in [-0.3, -0.25) is 4.79 Å². The summed E-state index contributed by atoms with van der Waals surface area (Å²) >= 11 is 0. The maximum Gasteiger partial charge on any atom is 0.166 e. The summed E-state index contributed by atoms with van der Waals surface area (Å²) in [6.45, 7) is 2.80. The molecule has 0 amide bonds. The minimum Gasteiger partial charge on any atom is -0.493 e. The van der Waals surface area contributed by atoms with Crippen LogP contribution in [0.4, 0.5) is 0 Å². The van der Waals surface area contributed by atoms with Gasteiger partial charge in [0.15, 0.2) is 17.3 Å². The fourth-order valence-electron chi connectivity index (χ4n) is 3.87. The molecule has 0 radical (unpaired) electrons. The van der Waals surface area contributed by atoms with Crippen molar-refractivity contribution in [2.75, 3.05) is 14.2 Å². The smallest absolute Gasteiger partial charge is 0.166 e. The zero-order chi connectivity index (χ0) is 21.8. The van der Waals surface area contributed by atoms with Crippen LogP contribution in [-0.2, 0) is 24.2 Å². The lowest BCUT2D eigenvalue weighted by molar-refractivity contribution is -0.118. The molecule has 0 saturated carbocycles. The number of H-pyrrole nitrogens is 1. The van der Waals surface area contributed by atoms with Crippen LogP contribution in [0.5, 0.6) is 11.5 Å². The average Bonchev–Trinajstić information content (AvgIpc) is 3.40. The standard InChI is InChI=1S/C24H26N4O3/c1-4-28-23(26-27-24(28)19-15-25-20-8-6-5-7-18(19)20)12-10-17(29)13-16-9-11-21(30-2)22(14-16)31-3/h5-9,11,14-15,25H,4,10,12-13H2,1-3H3. The van der Waals surface area contributed by atoms with Gasteiger partial charge in [0.05, 0.1) is 14.2 Å². The predicted molar refractivity (Wildman–Crippen MR) is 120 cm³/mol. The van der Waals surface area contributed by atoms with Gasteiger partial charge in [0.1, 0.15) is 11.6 Å². The summed E-state index contributed by atoms with van der Waals surface area (Å²) in [6, 6.07) is 13.7. The molecule has 0 aliphatic carbocycles. The van der Waals surface area contributed by atoms with Crippen LogP contribution >= 0.6 is 0 Å². The minimum atomic E-state index is 0.145. The Labute approximate surface area is 181 Å². The Bertz CT molecular complexity index is 1210. The van der Waals surface area contributed by atoms with Crippen molar-refractivity contribution in [3.05, 3.63) is 60.0 Å². The van der Waals surface area contributed by atoms with E-state index in [2.05, 4.69) is 32.7 Å². The first-order valence-corrected chi connectivity index (χ1v) is 10.4. The van der Waals surface area contributed by atoms with E-state index in [1.165, 1.54) is 0 Å². The number of para-hydroxylation sites is 1. The number of aromatic amines is 1. The van der Waals surface area contributed by atoms with E-state index in [9.17, 15) is 4.79 Å². The number of methoxy groups -OCH3 is 2. The lowest BCUT2D eigenvalue weighted by atomic mass is 10.0. The molecule has 0 atom stereocenters. The van der Waals surface area contributed by atoms with Gasteiger partial charge < -0.3 is 19.0 Å². The maximum absolute atomic E-state index is 12.6. The zero-order valence-electron chi connectivity index (χ0n) is 18.0. The van der Waals surface area contributed by atoms with Gasteiger partial charge in [-0.15, -0.1) is 10.2 Å². The lowest BCUT2D eigenvalue weighted by Gasteiger charge is -2.09. The predicted octanol–water partition coefficient (Wildman–Crippen LogP) is 4.21. The van der Waals surface area contributed by atoms with Crippen LogP contribution in [0.1, 0.15) is 24.7 Å². The molecule has 7 heteroatoms. The first kappa shape index (κ1) is 20.7. The third-order valence-corrected chi connectivity index (χ3v) is 5.45. The third-order valence-electron chi connectivity index (χ3n) is 5.45. The molecule has 0 aliphatic heterocycles. The van der Waals surface area contributed by atoms with Crippen molar-refractivity contribution in [2.45, 2.75) is 32.7 Å². The number of benzene rings is 2. The molecule has 4 rings (SSSR count). The third kappa shape index (κ3) is 4.17. The van der Waals surface area contributed by atoms with Crippen LogP contribution in [0, 0.1) is 0 Å². The molecule has 2 aromatic heterocycles. The Morgan fingerprint density at radius 1 is 1.06 bits per heavy atom. The number of carbonyl (C=O) groups is 1. The molecule has 0 fully saturated rings. The Morgan fingerprint density at radius 3 is 2.65 bits per heavy atom. The number of nitrogens with zero attached hydrogens (tertiary/aromatic N) is 3. The molecular formula is C24H26N4O3. The Hall–Kier alpha value is -3.61. The first-order valence-electron chi connectivity index (χ1n) is 10.4. The zero-order valence-corrected chi connectivity index (χ0v) is 18.0. The molecule has 0 bridgehead atoms. The van der Waals surface area contributed by atoms with E-state index in [4.69, 9.17) is 9.47 Å². The molecular weight excluding hydrogens is 392 g/mol. The largest absolute Gasteiger partial charge is 0.493 e. The molecule has 0 saturated heterocycles. The number of carbonyl (C=O) groups excluding carboxylic acids is 1. The Balaban J connectivity index is 1.47. The van der Waals surface area contributed by atoms with Gasteiger partial charge in [-0.2, -0.15) is 0 Å². The Morgan fingerprint density at radius 2 is 1.87 bits per heavy atom. The lowest BCUT2D eigenvalue weighted by Crippen LogP contribution is -2.09. The number of ketones is 1. The van der Waals surface area contributed by atoms with Crippen LogP contribution in [0.25, 0.3) is 22.3 Å². The summed E-state index contributed by atoms with van der Waals surface area (Å²) in [7, 11) is 3.18. The molecule has 0 spiro atoms. The highest BCUT2D eigenvalue weighted by Gasteiger charge is 2.17.